The topological polar surface area (TPSA) is 104 Å². The van der Waals surface area contributed by atoms with E-state index >= 15 is 0 Å². The van der Waals surface area contributed by atoms with Crippen LogP contribution in [-0.4, -0.2) is 38.1 Å². The first-order valence-electron chi connectivity index (χ1n) is 12.4. The van der Waals surface area contributed by atoms with Crippen LogP contribution in [0.3, 0.4) is 0 Å². The fraction of sp³-hybridized carbons (Fsp3) is 0.667. The number of aromatic nitrogens is 3. The van der Waals surface area contributed by atoms with Gasteiger partial charge in [-0.1, -0.05) is 24.4 Å². The Morgan fingerprint density at radius 3 is 2.57 bits per heavy atom. The van der Waals surface area contributed by atoms with Gasteiger partial charge >= 0.3 is 6.18 Å². The highest BCUT2D eigenvalue weighted by atomic mass is 19.4. The number of aliphatic carboxylic acids is 1. The zero-order valence-corrected chi connectivity index (χ0v) is 19.7. The number of hydrogen-bond acceptors (Lipinski definition) is 7. The Balaban J connectivity index is 1.58. The average Bonchev–Trinajstić information content (AvgIpc) is 3.43. The summed E-state index contributed by atoms with van der Waals surface area (Å²) in [6, 6.07) is 0.0505. The molecule has 35 heavy (non-hydrogen) atoms. The summed E-state index contributed by atoms with van der Waals surface area (Å²) in [6.07, 6.45) is 3.45. The first kappa shape index (κ1) is 23.9. The molecule has 2 aromatic heterocycles. The van der Waals surface area contributed by atoms with Gasteiger partial charge in [0.1, 0.15) is 5.60 Å². The van der Waals surface area contributed by atoms with Crippen molar-refractivity contribution in [3.05, 3.63) is 17.5 Å². The number of oxime groups is 1. The van der Waals surface area contributed by atoms with Crippen LogP contribution in [0.4, 0.5) is 18.9 Å². The highest BCUT2D eigenvalue weighted by Gasteiger charge is 2.47. The summed E-state index contributed by atoms with van der Waals surface area (Å²) < 4.78 is 44.7. The molecule has 2 fully saturated rings. The first-order chi connectivity index (χ1) is 16.7. The van der Waals surface area contributed by atoms with Gasteiger partial charge in [0, 0.05) is 25.0 Å². The van der Waals surface area contributed by atoms with Crippen LogP contribution in [0.25, 0.3) is 11.0 Å². The predicted molar refractivity (Wildman–Crippen MR) is 121 cm³/mol. The van der Waals surface area contributed by atoms with Crippen LogP contribution in [0.2, 0.25) is 0 Å². The molecule has 1 aliphatic heterocycles. The van der Waals surface area contributed by atoms with Crippen molar-refractivity contribution in [3.8, 4) is 0 Å². The van der Waals surface area contributed by atoms with Crippen LogP contribution in [0.15, 0.2) is 11.4 Å². The Bertz CT molecular complexity index is 1150. The Hall–Kier alpha value is -2.85. The maximum absolute atomic E-state index is 14.4. The van der Waals surface area contributed by atoms with Gasteiger partial charge in [-0.15, -0.1) is 0 Å². The minimum Gasteiger partial charge on any atom is -0.550 e. The number of alkyl halides is 3. The number of carbonyl (C=O) groups excluding carboxylic acids is 1. The lowest BCUT2D eigenvalue weighted by molar-refractivity contribution is -0.313. The predicted octanol–water partition coefficient (Wildman–Crippen LogP) is 4.02. The molecule has 0 radical (unpaired) electrons. The highest BCUT2D eigenvalue weighted by Crippen LogP contribution is 2.45. The van der Waals surface area contributed by atoms with E-state index in [-0.39, 0.29) is 29.4 Å². The average molecular weight is 493 g/mol. The molecule has 0 saturated heterocycles. The lowest BCUT2D eigenvalue weighted by atomic mass is 9.76. The second-order valence-electron chi connectivity index (χ2n) is 9.97. The molecule has 5 rings (SSSR count). The van der Waals surface area contributed by atoms with Crippen molar-refractivity contribution in [2.45, 2.75) is 95.5 Å². The number of fused-ring (bicyclic) bond motifs is 1. The van der Waals surface area contributed by atoms with E-state index in [1.807, 2.05) is 6.92 Å². The fourth-order valence-corrected chi connectivity index (χ4v) is 5.71. The van der Waals surface area contributed by atoms with Gasteiger partial charge in [0.2, 0.25) is 0 Å². The molecule has 3 aliphatic rings. The van der Waals surface area contributed by atoms with Crippen molar-refractivity contribution in [2.75, 3.05) is 5.32 Å². The van der Waals surface area contributed by atoms with Crippen LogP contribution in [-0.2, 0) is 22.4 Å². The number of carboxylic acid groups (broad SMARTS) is 1. The van der Waals surface area contributed by atoms with Gasteiger partial charge in [-0.25, -0.2) is 9.67 Å². The van der Waals surface area contributed by atoms with Crippen LogP contribution < -0.4 is 10.4 Å². The Labute approximate surface area is 200 Å². The third-order valence-electron chi connectivity index (χ3n) is 7.66. The van der Waals surface area contributed by atoms with Crippen molar-refractivity contribution in [1.29, 1.82) is 0 Å². The molecule has 0 atom stereocenters. The third kappa shape index (κ3) is 4.45. The fourth-order valence-electron chi connectivity index (χ4n) is 5.71. The highest BCUT2D eigenvalue weighted by molar-refractivity contribution is 6.12. The van der Waals surface area contributed by atoms with Crippen molar-refractivity contribution < 1.29 is 27.9 Å². The molecule has 2 aromatic rings. The molecule has 190 valence electrons. The molecular weight excluding hydrogens is 463 g/mol. The van der Waals surface area contributed by atoms with Crippen LogP contribution in [0.5, 0.6) is 0 Å². The summed E-state index contributed by atoms with van der Waals surface area (Å²) in [4.78, 5) is 21.1. The number of rotatable bonds is 5. The van der Waals surface area contributed by atoms with Crippen molar-refractivity contribution in [3.63, 3.8) is 0 Å². The minimum absolute atomic E-state index is 0.0505. The van der Waals surface area contributed by atoms with Crippen LogP contribution in [0.1, 0.15) is 82.4 Å². The van der Waals surface area contributed by atoms with Crippen molar-refractivity contribution in [2.24, 2.45) is 11.1 Å². The van der Waals surface area contributed by atoms with E-state index in [4.69, 9.17) is 4.84 Å². The standard InChI is InChI=1S/C24H30F3N5O3/c1-2-32-21-16(13-28-32)19(29-15-6-4-3-5-7-15)18(20(30-21)24(25,26)27)17-12-23(35-31-17)10-8-14(9-11-23)22(33)34/h13-15H,2-12H2,1H3,(H,29,30)(H,33,34)/p-1. The second-order valence-corrected chi connectivity index (χ2v) is 9.97. The number of aryl methyl sites for hydroxylation is 1. The summed E-state index contributed by atoms with van der Waals surface area (Å²) >= 11 is 0. The van der Waals surface area contributed by atoms with Crippen LogP contribution >= 0.6 is 0 Å². The second kappa shape index (κ2) is 8.98. The number of hydrogen-bond donors (Lipinski definition) is 1. The first-order valence-corrected chi connectivity index (χ1v) is 12.4. The maximum atomic E-state index is 14.4. The smallest absolute Gasteiger partial charge is 0.434 e. The number of carbonyl (C=O) groups is 1. The lowest BCUT2D eigenvalue weighted by Gasteiger charge is -2.35. The van der Waals surface area contributed by atoms with Gasteiger partial charge in [-0.3, -0.25) is 0 Å². The van der Waals surface area contributed by atoms with Gasteiger partial charge in [0.05, 0.1) is 28.5 Å². The molecule has 0 bridgehead atoms. The Kier molecular flexibility index (Phi) is 6.13. The van der Waals surface area contributed by atoms with E-state index in [0.717, 1.165) is 32.1 Å². The van der Waals surface area contributed by atoms with Gasteiger partial charge in [0.15, 0.2) is 11.3 Å². The monoisotopic (exact) mass is 492 g/mol. The number of nitrogens with one attached hydrogen (secondary N) is 1. The molecule has 8 nitrogen and oxygen atoms in total. The quantitative estimate of drug-likeness (QED) is 0.676. The molecule has 2 saturated carbocycles. The number of carboxylic acids is 1. The third-order valence-corrected chi connectivity index (χ3v) is 7.66. The Morgan fingerprint density at radius 1 is 1.23 bits per heavy atom. The van der Waals surface area contributed by atoms with Crippen molar-refractivity contribution >= 4 is 28.4 Å². The molecular formula is C24H29F3N5O3-. The van der Waals surface area contributed by atoms with E-state index in [1.54, 1.807) is 6.20 Å². The van der Waals surface area contributed by atoms with Crippen LogP contribution in [0, 0.1) is 5.92 Å². The largest absolute Gasteiger partial charge is 0.550 e. The van der Waals surface area contributed by atoms with E-state index in [1.165, 1.54) is 4.68 Å². The molecule has 3 heterocycles. The number of anilines is 1. The van der Waals surface area contributed by atoms with Gasteiger partial charge < -0.3 is 20.1 Å². The summed E-state index contributed by atoms with van der Waals surface area (Å²) in [5, 5.41) is 23.6. The maximum Gasteiger partial charge on any atom is 0.434 e. The van der Waals surface area contributed by atoms with Crippen molar-refractivity contribution in [1.82, 2.24) is 14.8 Å². The lowest BCUT2D eigenvalue weighted by Crippen LogP contribution is -2.40. The van der Waals surface area contributed by atoms with Gasteiger partial charge in [0.25, 0.3) is 0 Å². The zero-order chi connectivity index (χ0) is 24.8. The Morgan fingerprint density at radius 2 is 1.94 bits per heavy atom. The minimum atomic E-state index is -4.71. The molecule has 1 N–H and O–H groups in total. The zero-order valence-electron chi connectivity index (χ0n) is 19.7. The number of halogens is 3. The summed E-state index contributed by atoms with van der Waals surface area (Å²) in [6.45, 7) is 2.20. The molecule has 1 spiro atoms. The van der Waals surface area contributed by atoms with E-state index < -0.39 is 29.4 Å². The van der Waals surface area contributed by atoms with Gasteiger partial charge in [-0.05, 0) is 51.4 Å². The molecule has 0 amide bonds. The van der Waals surface area contributed by atoms with E-state index in [0.29, 0.717) is 43.3 Å². The summed E-state index contributed by atoms with van der Waals surface area (Å²) in [7, 11) is 0. The number of pyridine rings is 1. The van der Waals surface area contributed by atoms with E-state index in [9.17, 15) is 23.1 Å². The molecule has 0 unspecified atom stereocenters. The van der Waals surface area contributed by atoms with E-state index in [2.05, 4.69) is 20.6 Å². The summed E-state index contributed by atoms with van der Waals surface area (Å²) in [5.74, 6) is -1.67. The van der Waals surface area contributed by atoms with Gasteiger partial charge in [-0.2, -0.15) is 18.3 Å². The molecule has 2 aliphatic carbocycles. The molecule has 0 aromatic carbocycles. The normalized spacial score (nSPS) is 25.6. The molecule has 11 heteroatoms. The summed E-state index contributed by atoms with van der Waals surface area (Å²) in [5.41, 5.74) is -1.13. The SMILES string of the molecule is CCn1ncc2c(NC3CCCCC3)c(C3=NOC4(CCC(C(=O)[O-])CC4)C3)c(C(F)(F)F)nc21. The number of nitrogens with zero attached hydrogens (tertiary/aromatic N) is 4.